The van der Waals surface area contributed by atoms with Gasteiger partial charge < -0.3 is 19.7 Å². The first-order valence-electron chi connectivity index (χ1n) is 7.09. The van der Waals surface area contributed by atoms with Gasteiger partial charge in [-0.2, -0.15) is 0 Å². The molecule has 7 heteroatoms. The van der Waals surface area contributed by atoms with Crippen LogP contribution in [-0.2, 0) is 8.23 Å². The molecule has 0 rings (SSSR count). The average molecular weight is 327 g/mol. The Morgan fingerprint density at radius 2 is 0.842 bits per heavy atom. The van der Waals surface area contributed by atoms with Crippen LogP contribution in [0.15, 0.2) is 0 Å². The van der Waals surface area contributed by atoms with Gasteiger partial charge in [-0.25, -0.2) is 0 Å². The molecule has 4 nitrogen and oxygen atoms in total. The van der Waals surface area contributed by atoms with Crippen LogP contribution in [0.3, 0.4) is 0 Å². The molecule has 0 saturated carbocycles. The third kappa shape index (κ3) is 14.7. The van der Waals surface area contributed by atoms with Crippen LogP contribution >= 0.6 is 0 Å². The van der Waals surface area contributed by atoms with Crippen LogP contribution in [0.4, 0.5) is 0 Å². The molecule has 0 unspecified atom stereocenters. The highest BCUT2D eigenvalue weighted by Gasteiger charge is 2.37. The van der Waals surface area contributed by atoms with E-state index in [4.69, 9.17) is 8.23 Å². The molecular weight excluding hydrogens is 288 g/mol. The second-order valence-corrected chi connectivity index (χ2v) is 18.7. The lowest BCUT2D eigenvalue weighted by molar-refractivity contribution is 0.390. The van der Waals surface area contributed by atoms with Crippen LogP contribution in [0.25, 0.3) is 0 Å². The third-order valence-corrected chi connectivity index (χ3v) is 14.5. The average Bonchev–Trinajstić information content (AvgIpc) is 2.31. The topological polar surface area (TPSA) is 70.5 Å². The van der Waals surface area contributed by atoms with E-state index in [2.05, 4.69) is 64.6 Å². The molecule has 0 atom stereocenters. The van der Waals surface area contributed by atoms with Crippen LogP contribution in [-0.4, -0.2) is 39.3 Å². The monoisotopic (exact) mass is 326 g/mol. The summed E-state index contributed by atoms with van der Waals surface area (Å²) in [5.41, 5.74) is 9.00. The van der Waals surface area contributed by atoms with Crippen LogP contribution in [0.1, 0.15) is 13.8 Å². The fourth-order valence-corrected chi connectivity index (χ4v) is 13.8. The molecule has 0 amide bonds. The van der Waals surface area contributed by atoms with Crippen molar-refractivity contribution in [2.75, 3.05) is 14.1 Å². The molecule has 0 fully saturated rings. The van der Waals surface area contributed by atoms with Crippen molar-refractivity contribution < 1.29 is 8.23 Å². The second kappa shape index (κ2) is 11.2. The van der Waals surface area contributed by atoms with Crippen LogP contribution in [0.2, 0.25) is 51.4 Å². The number of hydrogen-bond acceptors (Lipinski definition) is 4. The van der Waals surface area contributed by atoms with E-state index in [1.165, 1.54) is 26.2 Å². The number of hydrogen-bond donors (Lipinski definition) is 2. The Morgan fingerprint density at radius 3 is 1.00 bits per heavy atom. The van der Waals surface area contributed by atoms with Crippen molar-refractivity contribution in [3.05, 3.63) is 0 Å². The summed E-state index contributed by atoms with van der Waals surface area (Å²) in [6.07, 6.45) is 0. The van der Waals surface area contributed by atoms with Gasteiger partial charge in [0.15, 0.2) is 16.6 Å². The largest absolute Gasteiger partial charge is 0.437 e. The van der Waals surface area contributed by atoms with Gasteiger partial charge in [-0.3, -0.25) is 0 Å². The predicted molar refractivity (Wildman–Crippen MR) is 95.8 cm³/mol. The van der Waals surface area contributed by atoms with Gasteiger partial charge in [-0.05, 0) is 65.5 Å². The van der Waals surface area contributed by atoms with Crippen molar-refractivity contribution in [1.82, 2.24) is 0 Å². The molecule has 0 aliphatic rings. The summed E-state index contributed by atoms with van der Waals surface area (Å²) in [5, 5.41) is 0. The molecular formula is C12H38N2O2Si3. The Labute approximate surface area is 124 Å². The lowest BCUT2D eigenvalue weighted by atomic mass is 11.0. The van der Waals surface area contributed by atoms with Crippen LogP contribution < -0.4 is 11.5 Å². The van der Waals surface area contributed by atoms with Gasteiger partial charge in [-0.15, -0.1) is 0 Å². The molecule has 0 radical (unpaired) electrons. The maximum atomic E-state index is 6.30. The van der Waals surface area contributed by atoms with Crippen molar-refractivity contribution >= 4 is 25.2 Å². The van der Waals surface area contributed by atoms with Crippen molar-refractivity contribution in [1.29, 1.82) is 0 Å². The summed E-state index contributed by atoms with van der Waals surface area (Å²) in [7, 11) is -1.83. The molecule has 0 aromatic rings. The van der Waals surface area contributed by atoms with E-state index in [-0.39, 0.29) is 0 Å². The van der Waals surface area contributed by atoms with Gasteiger partial charge in [0, 0.05) is 0 Å². The van der Waals surface area contributed by atoms with Gasteiger partial charge in [0.05, 0.1) is 0 Å². The Balaban J connectivity index is -0.000000579. The molecule has 120 valence electrons. The lowest BCUT2D eigenvalue weighted by Crippen LogP contribution is -2.51. The Morgan fingerprint density at radius 1 is 0.632 bits per heavy atom. The molecule has 0 heterocycles. The summed E-state index contributed by atoms with van der Waals surface area (Å²) in [6, 6.07) is 2.34. The molecule has 0 aromatic carbocycles. The normalized spacial score (nSPS) is 12.0. The van der Waals surface area contributed by atoms with Crippen molar-refractivity contribution in [2.45, 2.75) is 65.2 Å². The third-order valence-electron chi connectivity index (χ3n) is 2.75. The van der Waals surface area contributed by atoms with Crippen molar-refractivity contribution in [3.8, 4) is 0 Å². The number of nitrogens with two attached hydrogens (primary N) is 2. The van der Waals surface area contributed by atoms with E-state index in [9.17, 15) is 0 Å². The van der Waals surface area contributed by atoms with E-state index in [1.807, 2.05) is 0 Å². The second-order valence-electron chi connectivity index (χ2n) is 5.83. The van der Waals surface area contributed by atoms with Gasteiger partial charge in [0.1, 0.15) is 0 Å². The minimum absolute atomic E-state index is 1.17. The quantitative estimate of drug-likeness (QED) is 0.735. The lowest BCUT2D eigenvalue weighted by Gasteiger charge is -2.38. The molecule has 19 heavy (non-hydrogen) atoms. The fraction of sp³-hybridized carbons (Fsp3) is 1.00. The first-order valence-corrected chi connectivity index (χ1v) is 16.1. The van der Waals surface area contributed by atoms with Gasteiger partial charge in [0.2, 0.25) is 0 Å². The predicted octanol–water partition coefficient (Wildman–Crippen LogP) is 3.32. The van der Waals surface area contributed by atoms with Crippen LogP contribution in [0.5, 0.6) is 0 Å². The maximum Gasteiger partial charge on any atom is 0.311 e. The summed E-state index contributed by atoms with van der Waals surface area (Å²) in [4.78, 5) is 0. The fourth-order valence-electron chi connectivity index (χ4n) is 1.50. The highest BCUT2D eigenvalue weighted by molar-refractivity contribution is 6.87. The molecule has 0 aromatic heterocycles. The molecule has 0 aliphatic heterocycles. The summed E-state index contributed by atoms with van der Waals surface area (Å²) >= 11 is 0. The molecule has 0 spiro atoms. The van der Waals surface area contributed by atoms with Crippen molar-refractivity contribution in [3.63, 3.8) is 0 Å². The highest BCUT2D eigenvalue weighted by Crippen LogP contribution is 2.23. The van der Waals surface area contributed by atoms with Crippen molar-refractivity contribution in [2.24, 2.45) is 11.5 Å². The summed E-state index contributed by atoms with van der Waals surface area (Å²) < 4.78 is 12.6. The van der Waals surface area contributed by atoms with Gasteiger partial charge in [0.25, 0.3) is 0 Å². The van der Waals surface area contributed by atoms with E-state index in [0.717, 1.165) is 0 Å². The first kappa shape index (κ1) is 24.5. The van der Waals surface area contributed by atoms with E-state index >= 15 is 0 Å². The van der Waals surface area contributed by atoms with E-state index in [1.54, 1.807) is 0 Å². The zero-order chi connectivity index (χ0) is 16.3. The molecule has 4 N–H and O–H groups in total. The first-order chi connectivity index (χ1) is 8.54. The van der Waals surface area contributed by atoms with E-state index < -0.39 is 25.2 Å². The smallest absolute Gasteiger partial charge is 0.311 e. The molecule has 0 aliphatic carbocycles. The highest BCUT2D eigenvalue weighted by atomic mass is 28.5. The minimum atomic E-state index is -1.89. The van der Waals surface area contributed by atoms with E-state index in [0.29, 0.717) is 0 Å². The standard InChI is InChI=1S/C10H28O2Si3.2CH5N/c1-9-13(3,4)11-15(7,8)12-14(5,6)10-2;2*1-2/h9-10H2,1-8H3;2*2H2,1H3. The number of rotatable bonds is 6. The summed E-state index contributed by atoms with van der Waals surface area (Å²) in [6.45, 7) is 18.0. The van der Waals surface area contributed by atoms with Crippen LogP contribution in [0, 0.1) is 0 Å². The Bertz CT molecular complexity index is 193. The minimum Gasteiger partial charge on any atom is -0.437 e. The Hall–Kier alpha value is 0.491. The molecule has 0 saturated heterocycles. The molecule has 0 bridgehead atoms. The SMILES string of the molecule is CC[Si](C)(C)O[Si](C)(C)O[Si](C)(C)CC.CN.CN. The zero-order valence-corrected chi connectivity index (χ0v) is 17.9. The zero-order valence-electron chi connectivity index (χ0n) is 14.9. The van der Waals surface area contributed by atoms with Gasteiger partial charge >= 0.3 is 8.56 Å². The van der Waals surface area contributed by atoms with Gasteiger partial charge in [-0.1, -0.05) is 13.8 Å². The Kier molecular flexibility index (Phi) is 14.4. The summed E-state index contributed by atoms with van der Waals surface area (Å²) in [5.74, 6) is 0. The maximum absolute atomic E-state index is 6.30.